The molecular weight excluding hydrogens is 292 g/mol. The van der Waals surface area contributed by atoms with Gasteiger partial charge in [-0.15, -0.1) is 0 Å². The molecule has 1 N–H and O–H groups in total. The number of aromatic carboxylic acids is 1. The normalized spacial score (nSPS) is 10.9. The first-order valence-electron chi connectivity index (χ1n) is 6.62. The number of hydrogen-bond donors (Lipinski definition) is 1. The molecule has 21 heavy (non-hydrogen) atoms. The lowest BCUT2D eigenvalue weighted by atomic mass is 10.0. The molecule has 2 aromatic rings. The summed E-state index contributed by atoms with van der Waals surface area (Å²) in [5.74, 6) is 0.205. The number of carboxylic acid groups (broad SMARTS) is 1. The predicted molar refractivity (Wildman–Crippen MR) is 80.3 cm³/mol. The maximum atomic E-state index is 11.0. The van der Waals surface area contributed by atoms with Crippen LogP contribution in [-0.4, -0.2) is 11.1 Å². The number of halogens is 1. The van der Waals surface area contributed by atoms with Gasteiger partial charge in [-0.25, -0.2) is 4.79 Å². The van der Waals surface area contributed by atoms with Gasteiger partial charge in [-0.1, -0.05) is 25.4 Å². The molecule has 112 valence electrons. The molecule has 0 amide bonds. The van der Waals surface area contributed by atoms with Crippen molar-refractivity contribution in [3.05, 3.63) is 51.9 Å². The number of carbonyl (C=O) groups is 1. The second-order valence-electron chi connectivity index (χ2n) is 5.15. The zero-order chi connectivity index (χ0) is 15.6. The summed E-state index contributed by atoms with van der Waals surface area (Å²) in [6.45, 7) is 6.05. The molecule has 0 spiro atoms. The van der Waals surface area contributed by atoms with Crippen LogP contribution in [0.5, 0.6) is 5.75 Å². The summed E-state index contributed by atoms with van der Waals surface area (Å²) < 4.78 is 10.9. The molecule has 0 unspecified atom stereocenters. The molecular formula is C16H17ClO4. The largest absolute Gasteiger partial charge is 0.485 e. The van der Waals surface area contributed by atoms with Crippen molar-refractivity contribution in [1.29, 1.82) is 0 Å². The van der Waals surface area contributed by atoms with E-state index in [0.717, 1.165) is 11.1 Å². The van der Waals surface area contributed by atoms with E-state index in [9.17, 15) is 4.79 Å². The maximum absolute atomic E-state index is 11.0. The van der Waals surface area contributed by atoms with Crippen LogP contribution in [-0.2, 0) is 6.61 Å². The molecule has 0 atom stereocenters. The smallest absolute Gasteiger partial charge is 0.339 e. The minimum atomic E-state index is -1.03. The van der Waals surface area contributed by atoms with Crippen molar-refractivity contribution in [2.24, 2.45) is 0 Å². The van der Waals surface area contributed by atoms with E-state index in [-0.39, 0.29) is 18.1 Å². The number of carboxylic acids is 1. The fraction of sp³-hybridized carbons (Fsp3) is 0.312. The fourth-order valence-corrected chi connectivity index (χ4v) is 2.20. The third-order valence-electron chi connectivity index (χ3n) is 3.25. The Balaban J connectivity index is 2.25. The van der Waals surface area contributed by atoms with Gasteiger partial charge >= 0.3 is 5.97 Å². The van der Waals surface area contributed by atoms with Crippen LogP contribution < -0.4 is 4.74 Å². The van der Waals surface area contributed by atoms with Gasteiger partial charge in [0.1, 0.15) is 17.9 Å². The van der Waals surface area contributed by atoms with Crippen LogP contribution in [0.2, 0.25) is 5.02 Å². The van der Waals surface area contributed by atoms with E-state index in [2.05, 4.69) is 0 Å². The van der Waals surface area contributed by atoms with Gasteiger partial charge in [-0.2, -0.15) is 0 Å². The molecule has 1 aromatic heterocycles. The third-order valence-corrected chi connectivity index (χ3v) is 3.65. The van der Waals surface area contributed by atoms with Crippen LogP contribution in [0, 0.1) is 6.92 Å². The summed E-state index contributed by atoms with van der Waals surface area (Å²) in [5, 5.41) is 9.73. The molecule has 1 heterocycles. The predicted octanol–water partition coefficient (Wildman–Crippen LogP) is 4.64. The summed E-state index contributed by atoms with van der Waals surface area (Å²) in [6.07, 6.45) is 1.35. The summed E-state index contributed by atoms with van der Waals surface area (Å²) in [4.78, 5) is 11.0. The highest BCUT2D eigenvalue weighted by Crippen LogP contribution is 2.32. The van der Waals surface area contributed by atoms with Gasteiger partial charge in [0.25, 0.3) is 0 Å². The highest BCUT2D eigenvalue weighted by molar-refractivity contribution is 6.31. The van der Waals surface area contributed by atoms with Crippen LogP contribution >= 0.6 is 11.6 Å². The molecule has 0 aliphatic carbocycles. The molecule has 1 aromatic carbocycles. The zero-order valence-corrected chi connectivity index (χ0v) is 12.9. The first-order valence-corrected chi connectivity index (χ1v) is 7.00. The average Bonchev–Trinajstić information content (AvgIpc) is 2.88. The highest BCUT2D eigenvalue weighted by atomic mass is 35.5. The third kappa shape index (κ3) is 3.39. The highest BCUT2D eigenvalue weighted by Gasteiger charge is 2.16. The minimum absolute atomic E-state index is 0.0649. The Bertz CT molecular complexity index is 658. The zero-order valence-electron chi connectivity index (χ0n) is 12.1. The van der Waals surface area contributed by atoms with Gasteiger partial charge in [-0.05, 0) is 42.2 Å². The molecule has 0 saturated heterocycles. The lowest BCUT2D eigenvalue weighted by Gasteiger charge is -2.15. The Labute approximate surface area is 128 Å². The Morgan fingerprint density at radius 2 is 2.14 bits per heavy atom. The molecule has 0 saturated carbocycles. The Hall–Kier alpha value is -1.94. The molecule has 2 rings (SSSR count). The number of hydrogen-bond acceptors (Lipinski definition) is 3. The first-order chi connectivity index (χ1) is 9.90. The van der Waals surface area contributed by atoms with Gasteiger partial charge in [0.2, 0.25) is 0 Å². The molecule has 4 nitrogen and oxygen atoms in total. The summed E-state index contributed by atoms with van der Waals surface area (Å²) in [5.41, 5.74) is 2.01. The second-order valence-corrected chi connectivity index (χ2v) is 5.55. The van der Waals surface area contributed by atoms with E-state index >= 15 is 0 Å². The molecule has 0 aliphatic rings. The maximum Gasteiger partial charge on any atom is 0.339 e. The lowest BCUT2D eigenvalue weighted by Crippen LogP contribution is -2.04. The van der Waals surface area contributed by atoms with E-state index in [1.807, 2.05) is 32.9 Å². The van der Waals surface area contributed by atoms with Crippen molar-refractivity contribution in [2.75, 3.05) is 0 Å². The summed E-state index contributed by atoms with van der Waals surface area (Å²) in [6, 6.07) is 5.16. The SMILES string of the molecule is Cc1cc(OCc2occc2C(=O)O)c(C(C)C)cc1Cl. The van der Waals surface area contributed by atoms with E-state index in [0.29, 0.717) is 16.5 Å². The quantitative estimate of drug-likeness (QED) is 0.874. The number of ether oxygens (including phenoxy) is 1. The van der Waals surface area contributed by atoms with Gasteiger partial charge in [0, 0.05) is 5.02 Å². The van der Waals surface area contributed by atoms with E-state index in [1.54, 1.807) is 0 Å². The topological polar surface area (TPSA) is 59.7 Å². The summed E-state index contributed by atoms with van der Waals surface area (Å²) in [7, 11) is 0. The monoisotopic (exact) mass is 308 g/mol. The van der Waals surface area contributed by atoms with Gasteiger partial charge in [0.05, 0.1) is 6.26 Å². The minimum Gasteiger partial charge on any atom is -0.485 e. The van der Waals surface area contributed by atoms with Crippen LogP contribution in [0.25, 0.3) is 0 Å². The number of aryl methyl sites for hydroxylation is 1. The second kappa shape index (κ2) is 6.22. The molecule has 5 heteroatoms. The molecule has 0 radical (unpaired) electrons. The van der Waals surface area contributed by atoms with Crippen molar-refractivity contribution in [2.45, 2.75) is 33.3 Å². The van der Waals surface area contributed by atoms with Crippen LogP contribution in [0.4, 0.5) is 0 Å². The van der Waals surface area contributed by atoms with Gasteiger partial charge in [0.15, 0.2) is 5.76 Å². The van der Waals surface area contributed by atoms with E-state index in [1.165, 1.54) is 12.3 Å². The average molecular weight is 309 g/mol. The van der Waals surface area contributed by atoms with Crippen molar-refractivity contribution in [1.82, 2.24) is 0 Å². The Kier molecular flexibility index (Phi) is 4.58. The van der Waals surface area contributed by atoms with Crippen LogP contribution in [0.1, 0.15) is 47.0 Å². The number of furan rings is 1. The van der Waals surface area contributed by atoms with Crippen LogP contribution in [0.3, 0.4) is 0 Å². The lowest BCUT2D eigenvalue weighted by molar-refractivity contribution is 0.0692. The standard InChI is InChI=1S/C16H17ClO4/c1-9(2)12-7-13(17)10(3)6-14(12)21-8-15-11(16(18)19)4-5-20-15/h4-7,9H,8H2,1-3H3,(H,18,19). The van der Waals surface area contributed by atoms with Gasteiger partial charge in [-0.3, -0.25) is 0 Å². The van der Waals surface area contributed by atoms with Gasteiger partial charge < -0.3 is 14.3 Å². The molecule has 0 fully saturated rings. The van der Waals surface area contributed by atoms with E-state index < -0.39 is 5.97 Å². The number of benzene rings is 1. The number of rotatable bonds is 5. The van der Waals surface area contributed by atoms with Crippen molar-refractivity contribution in [3.8, 4) is 5.75 Å². The Morgan fingerprint density at radius 3 is 2.76 bits per heavy atom. The van der Waals surface area contributed by atoms with Crippen molar-refractivity contribution in [3.63, 3.8) is 0 Å². The first kappa shape index (κ1) is 15.4. The van der Waals surface area contributed by atoms with E-state index in [4.69, 9.17) is 25.9 Å². The van der Waals surface area contributed by atoms with Crippen molar-refractivity contribution < 1.29 is 19.1 Å². The molecule has 0 aliphatic heterocycles. The fourth-order valence-electron chi connectivity index (χ4n) is 2.03. The van der Waals surface area contributed by atoms with Crippen LogP contribution in [0.15, 0.2) is 28.9 Å². The Morgan fingerprint density at radius 1 is 1.43 bits per heavy atom. The molecule has 0 bridgehead atoms. The summed E-state index contributed by atoms with van der Waals surface area (Å²) >= 11 is 6.14. The van der Waals surface area contributed by atoms with Crippen molar-refractivity contribution >= 4 is 17.6 Å².